The van der Waals surface area contributed by atoms with E-state index in [1.165, 1.54) is 19.4 Å². The maximum Gasteiger partial charge on any atom is 0.222 e. The minimum atomic E-state index is -0.181. The van der Waals surface area contributed by atoms with Gasteiger partial charge in [0, 0.05) is 37.1 Å². The van der Waals surface area contributed by atoms with Gasteiger partial charge in [0.1, 0.15) is 0 Å². The summed E-state index contributed by atoms with van der Waals surface area (Å²) >= 11 is 0. The summed E-state index contributed by atoms with van der Waals surface area (Å²) in [6, 6.07) is 0.624. The Hall–Kier alpha value is -0.650. The zero-order chi connectivity index (χ0) is 15.3. The number of nitrogens with one attached hydrogen (secondary N) is 1. The van der Waals surface area contributed by atoms with Gasteiger partial charge in [-0.1, -0.05) is 0 Å². The molecule has 3 N–H and O–H groups in total. The van der Waals surface area contributed by atoms with Crippen molar-refractivity contribution in [3.05, 3.63) is 0 Å². The van der Waals surface area contributed by atoms with E-state index in [0.29, 0.717) is 19.0 Å². The van der Waals surface area contributed by atoms with Gasteiger partial charge in [-0.3, -0.25) is 9.69 Å². The van der Waals surface area contributed by atoms with Crippen molar-refractivity contribution >= 4 is 5.91 Å². The third-order valence-electron chi connectivity index (χ3n) is 3.96. The highest BCUT2D eigenvalue weighted by Crippen LogP contribution is 2.17. The minimum absolute atomic E-state index is 0.0870. The third-order valence-corrected chi connectivity index (χ3v) is 3.96. The first-order chi connectivity index (χ1) is 9.23. The molecule has 5 nitrogen and oxygen atoms in total. The van der Waals surface area contributed by atoms with Crippen molar-refractivity contribution in [3.63, 3.8) is 0 Å². The highest BCUT2D eigenvalue weighted by molar-refractivity contribution is 5.77. The maximum absolute atomic E-state index is 12.1. The van der Waals surface area contributed by atoms with Crippen molar-refractivity contribution in [1.29, 1.82) is 0 Å². The van der Waals surface area contributed by atoms with Crippen LogP contribution in [0.4, 0.5) is 0 Å². The zero-order valence-electron chi connectivity index (χ0n) is 13.8. The molecule has 0 spiro atoms. The number of hydrogen-bond donors (Lipinski definition) is 2. The van der Waals surface area contributed by atoms with Gasteiger partial charge < -0.3 is 16.0 Å². The summed E-state index contributed by atoms with van der Waals surface area (Å²) in [6.45, 7) is 8.76. The fraction of sp³-hybridized carbons (Fsp3) is 0.933. The van der Waals surface area contributed by atoms with Crippen LogP contribution in [0.25, 0.3) is 0 Å². The number of carbonyl (C=O) groups is 1. The summed E-state index contributed by atoms with van der Waals surface area (Å²) in [4.78, 5) is 16.7. The van der Waals surface area contributed by atoms with Crippen LogP contribution >= 0.6 is 0 Å². The maximum atomic E-state index is 12.1. The number of nitrogens with zero attached hydrogens (tertiary/aromatic N) is 2. The van der Waals surface area contributed by atoms with E-state index in [9.17, 15) is 4.79 Å². The van der Waals surface area contributed by atoms with Gasteiger partial charge in [-0.05, 0) is 54.3 Å². The van der Waals surface area contributed by atoms with E-state index in [4.69, 9.17) is 5.73 Å². The Morgan fingerprint density at radius 3 is 2.65 bits per heavy atom. The van der Waals surface area contributed by atoms with Crippen LogP contribution in [0.15, 0.2) is 0 Å². The lowest BCUT2D eigenvalue weighted by molar-refractivity contribution is -0.123. The van der Waals surface area contributed by atoms with Gasteiger partial charge in [0.2, 0.25) is 5.91 Å². The lowest BCUT2D eigenvalue weighted by Crippen LogP contribution is -2.53. The quantitative estimate of drug-likeness (QED) is 0.778. The Morgan fingerprint density at radius 1 is 1.50 bits per heavy atom. The number of likely N-dealkylation sites (N-methyl/N-ethyl adjacent to an activating group) is 2. The molecule has 118 valence electrons. The molecule has 0 aliphatic carbocycles. The molecule has 0 aromatic carbocycles. The van der Waals surface area contributed by atoms with Gasteiger partial charge in [0.15, 0.2) is 0 Å². The molecular formula is C15H32N4O. The van der Waals surface area contributed by atoms with E-state index in [1.54, 1.807) is 0 Å². The molecule has 1 saturated heterocycles. The van der Waals surface area contributed by atoms with Crippen molar-refractivity contribution in [2.45, 2.75) is 57.7 Å². The van der Waals surface area contributed by atoms with Crippen molar-refractivity contribution in [1.82, 2.24) is 15.1 Å². The molecule has 1 amide bonds. The Morgan fingerprint density at radius 2 is 2.15 bits per heavy atom. The molecule has 0 saturated carbocycles. The zero-order valence-corrected chi connectivity index (χ0v) is 13.8. The van der Waals surface area contributed by atoms with Crippen LogP contribution in [0.2, 0.25) is 0 Å². The lowest BCUT2D eigenvalue weighted by Gasteiger charge is -2.39. The van der Waals surface area contributed by atoms with Gasteiger partial charge in [-0.2, -0.15) is 0 Å². The molecule has 0 aromatic rings. The second-order valence-electron chi connectivity index (χ2n) is 7.12. The normalized spacial score (nSPS) is 22.9. The van der Waals surface area contributed by atoms with Crippen LogP contribution in [-0.4, -0.2) is 67.1 Å². The molecule has 2 atom stereocenters. The predicted octanol–water partition coefficient (Wildman–Crippen LogP) is 0.645. The molecule has 5 heteroatoms. The molecule has 1 fully saturated rings. The number of likely N-dealkylation sites (tertiary alicyclic amines) is 1. The lowest BCUT2D eigenvalue weighted by atomic mass is 10.0. The standard InChI is InChI=1S/C15H32N4O/c1-15(2,3)17-14(20)9-13(10-16)19(5)12-7-6-8-18(4)11-12/h12-13H,6-11,16H2,1-5H3,(H,17,20). The highest BCUT2D eigenvalue weighted by Gasteiger charge is 2.27. The van der Waals surface area contributed by atoms with E-state index in [0.717, 1.165) is 6.54 Å². The molecule has 1 aliphatic rings. The van der Waals surface area contributed by atoms with E-state index in [2.05, 4.69) is 29.2 Å². The first-order valence-electron chi connectivity index (χ1n) is 7.64. The van der Waals surface area contributed by atoms with Crippen LogP contribution in [0, 0.1) is 0 Å². The predicted molar refractivity (Wildman–Crippen MR) is 83.6 cm³/mol. The van der Waals surface area contributed by atoms with E-state index < -0.39 is 0 Å². The van der Waals surface area contributed by atoms with Crippen LogP contribution in [-0.2, 0) is 4.79 Å². The Kier molecular flexibility index (Phi) is 6.43. The molecule has 0 radical (unpaired) electrons. The van der Waals surface area contributed by atoms with Gasteiger partial charge in [-0.15, -0.1) is 0 Å². The average Bonchev–Trinajstić information content (AvgIpc) is 2.33. The van der Waals surface area contributed by atoms with Crippen LogP contribution in [0.1, 0.15) is 40.0 Å². The van der Waals surface area contributed by atoms with Crippen molar-refractivity contribution in [3.8, 4) is 0 Å². The molecule has 20 heavy (non-hydrogen) atoms. The van der Waals surface area contributed by atoms with Gasteiger partial charge in [-0.25, -0.2) is 0 Å². The van der Waals surface area contributed by atoms with Crippen molar-refractivity contribution in [2.75, 3.05) is 33.7 Å². The van der Waals surface area contributed by atoms with E-state index in [1.807, 2.05) is 20.8 Å². The molecule has 0 aromatic heterocycles. The summed E-state index contributed by atoms with van der Waals surface area (Å²) < 4.78 is 0. The molecule has 1 rings (SSSR count). The van der Waals surface area contributed by atoms with Crippen LogP contribution in [0.5, 0.6) is 0 Å². The average molecular weight is 284 g/mol. The number of rotatable bonds is 5. The second-order valence-corrected chi connectivity index (χ2v) is 7.12. The number of hydrogen-bond acceptors (Lipinski definition) is 4. The monoisotopic (exact) mass is 284 g/mol. The number of carbonyl (C=O) groups excluding carboxylic acids is 1. The fourth-order valence-electron chi connectivity index (χ4n) is 2.85. The number of piperidine rings is 1. The van der Waals surface area contributed by atoms with Crippen LogP contribution in [0.3, 0.4) is 0 Å². The number of amides is 1. The van der Waals surface area contributed by atoms with Crippen LogP contribution < -0.4 is 11.1 Å². The van der Waals surface area contributed by atoms with Gasteiger partial charge >= 0.3 is 0 Å². The Bertz CT molecular complexity index is 313. The molecule has 1 aliphatic heterocycles. The van der Waals surface area contributed by atoms with E-state index in [-0.39, 0.29) is 17.5 Å². The van der Waals surface area contributed by atoms with Gasteiger partial charge in [0.05, 0.1) is 0 Å². The van der Waals surface area contributed by atoms with Crippen molar-refractivity contribution in [2.24, 2.45) is 5.73 Å². The summed E-state index contributed by atoms with van der Waals surface area (Å²) in [5.41, 5.74) is 5.71. The highest BCUT2D eigenvalue weighted by atomic mass is 16.1. The largest absolute Gasteiger partial charge is 0.351 e. The summed E-state index contributed by atoms with van der Waals surface area (Å²) in [6.07, 6.45) is 2.89. The molecule has 2 unspecified atom stereocenters. The van der Waals surface area contributed by atoms with E-state index >= 15 is 0 Å². The number of nitrogens with two attached hydrogens (primary N) is 1. The first-order valence-corrected chi connectivity index (χ1v) is 7.64. The van der Waals surface area contributed by atoms with Crippen molar-refractivity contribution < 1.29 is 4.79 Å². The summed E-state index contributed by atoms with van der Waals surface area (Å²) in [7, 11) is 4.26. The molecular weight excluding hydrogens is 252 g/mol. The fourth-order valence-corrected chi connectivity index (χ4v) is 2.85. The molecule has 1 heterocycles. The SMILES string of the molecule is CN1CCCC(N(C)C(CN)CC(=O)NC(C)(C)C)C1. The second kappa shape index (κ2) is 7.38. The summed E-state index contributed by atoms with van der Waals surface area (Å²) in [5.74, 6) is 0.0870. The first kappa shape index (κ1) is 17.4. The topological polar surface area (TPSA) is 61.6 Å². The Labute approximate surface area is 123 Å². The third kappa shape index (κ3) is 5.77. The smallest absolute Gasteiger partial charge is 0.222 e. The minimum Gasteiger partial charge on any atom is -0.351 e. The molecule has 0 bridgehead atoms. The Balaban J connectivity index is 2.54. The van der Waals surface area contributed by atoms with Gasteiger partial charge in [0.25, 0.3) is 0 Å². The summed E-state index contributed by atoms with van der Waals surface area (Å²) in [5, 5.41) is 3.02.